The number of thiophene rings is 1. The van der Waals surface area contributed by atoms with Gasteiger partial charge in [0, 0.05) is 30.6 Å². The maximum Gasteiger partial charge on any atom is 0.164 e. The van der Waals surface area contributed by atoms with Gasteiger partial charge in [-0.2, -0.15) is 11.3 Å². The normalized spacial score (nSPS) is 17.9. The van der Waals surface area contributed by atoms with Crippen molar-refractivity contribution in [1.29, 1.82) is 0 Å². The Morgan fingerprint density at radius 3 is 2.80 bits per heavy atom. The number of hydrogen-bond donors (Lipinski definition) is 0. The molecule has 0 atom stereocenters. The quantitative estimate of drug-likeness (QED) is 0.738. The molecule has 0 bridgehead atoms. The zero-order valence-corrected chi connectivity index (χ0v) is 9.81. The predicted molar refractivity (Wildman–Crippen MR) is 61.5 cm³/mol. The molecule has 2 rings (SSSR count). The zero-order valence-electron chi connectivity index (χ0n) is 8.99. The van der Waals surface area contributed by atoms with Crippen LogP contribution in [0.15, 0.2) is 10.8 Å². The molecule has 0 N–H and O–H groups in total. The molecule has 1 aromatic rings. The molecule has 1 aliphatic heterocycles. The minimum atomic E-state index is 0.306. The van der Waals surface area contributed by atoms with Crippen LogP contribution < -0.4 is 0 Å². The second kappa shape index (κ2) is 4.90. The topological polar surface area (TPSA) is 26.3 Å². The van der Waals surface area contributed by atoms with Crippen LogP contribution in [0.1, 0.15) is 35.2 Å². The van der Waals surface area contributed by atoms with E-state index in [1.807, 2.05) is 17.7 Å². The standard InChI is InChI=1S/C12H16O2S/c1-9-7-15-8-11(9)12(13)6-10-2-4-14-5-3-10/h7-8,10H,2-6H2,1H3. The smallest absolute Gasteiger partial charge is 0.164 e. The lowest BCUT2D eigenvalue weighted by atomic mass is 9.92. The molecule has 0 saturated carbocycles. The molecule has 1 aliphatic rings. The molecule has 2 heterocycles. The SMILES string of the molecule is Cc1cscc1C(=O)CC1CCOCC1. The highest BCUT2D eigenvalue weighted by atomic mass is 32.1. The van der Waals surface area contributed by atoms with Gasteiger partial charge in [-0.3, -0.25) is 4.79 Å². The van der Waals surface area contributed by atoms with E-state index in [0.29, 0.717) is 18.1 Å². The lowest BCUT2D eigenvalue weighted by Gasteiger charge is -2.21. The van der Waals surface area contributed by atoms with E-state index in [1.165, 1.54) is 0 Å². The molecular weight excluding hydrogens is 208 g/mol. The van der Waals surface area contributed by atoms with Gasteiger partial charge in [0.25, 0.3) is 0 Å². The third-order valence-electron chi connectivity index (χ3n) is 2.97. The monoisotopic (exact) mass is 224 g/mol. The lowest BCUT2D eigenvalue weighted by molar-refractivity contribution is 0.0601. The van der Waals surface area contributed by atoms with Crippen molar-refractivity contribution >= 4 is 17.1 Å². The van der Waals surface area contributed by atoms with Crippen molar-refractivity contribution in [3.05, 3.63) is 21.9 Å². The van der Waals surface area contributed by atoms with Gasteiger partial charge in [0.15, 0.2) is 5.78 Å². The molecule has 0 unspecified atom stereocenters. The molecule has 2 nitrogen and oxygen atoms in total. The molecule has 0 spiro atoms. The summed E-state index contributed by atoms with van der Waals surface area (Å²) < 4.78 is 5.29. The second-order valence-electron chi connectivity index (χ2n) is 4.15. The number of aryl methyl sites for hydroxylation is 1. The van der Waals surface area contributed by atoms with Crippen LogP contribution in [0.25, 0.3) is 0 Å². The number of ketones is 1. The van der Waals surface area contributed by atoms with Crippen LogP contribution >= 0.6 is 11.3 Å². The highest BCUT2D eigenvalue weighted by Crippen LogP contribution is 2.23. The minimum absolute atomic E-state index is 0.306. The lowest BCUT2D eigenvalue weighted by Crippen LogP contribution is -2.18. The van der Waals surface area contributed by atoms with Crippen LogP contribution in [0.4, 0.5) is 0 Å². The van der Waals surface area contributed by atoms with Gasteiger partial charge in [0.05, 0.1) is 0 Å². The van der Waals surface area contributed by atoms with Crippen LogP contribution in [0.3, 0.4) is 0 Å². The molecule has 1 saturated heterocycles. The fraction of sp³-hybridized carbons (Fsp3) is 0.583. The average Bonchev–Trinajstić information content (AvgIpc) is 2.66. The van der Waals surface area contributed by atoms with Crippen LogP contribution in [-0.4, -0.2) is 19.0 Å². The highest BCUT2D eigenvalue weighted by molar-refractivity contribution is 7.08. The van der Waals surface area contributed by atoms with Crippen LogP contribution in [-0.2, 0) is 4.74 Å². The van der Waals surface area contributed by atoms with Crippen molar-refractivity contribution < 1.29 is 9.53 Å². The van der Waals surface area contributed by atoms with Gasteiger partial charge in [0.1, 0.15) is 0 Å². The summed E-state index contributed by atoms with van der Waals surface area (Å²) in [4.78, 5) is 12.0. The Balaban J connectivity index is 1.94. The van der Waals surface area contributed by atoms with Crippen molar-refractivity contribution in [2.75, 3.05) is 13.2 Å². The number of ether oxygens (including phenoxy) is 1. The van der Waals surface area contributed by atoms with Crippen molar-refractivity contribution in [1.82, 2.24) is 0 Å². The Morgan fingerprint density at radius 1 is 1.47 bits per heavy atom. The van der Waals surface area contributed by atoms with Crippen molar-refractivity contribution in [3.8, 4) is 0 Å². The van der Waals surface area contributed by atoms with Crippen molar-refractivity contribution in [2.45, 2.75) is 26.2 Å². The molecule has 1 fully saturated rings. The maximum absolute atomic E-state index is 12.0. The van der Waals surface area contributed by atoms with Crippen molar-refractivity contribution in [2.24, 2.45) is 5.92 Å². The Bertz CT molecular complexity index is 337. The largest absolute Gasteiger partial charge is 0.381 e. The first-order chi connectivity index (χ1) is 7.27. The van der Waals surface area contributed by atoms with Gasteiger partial charge in [0.2, 0.25) is 0 Å². The van der Waals surface area contributed by atoms with E-state index in [-0.39, 0.29) is 0 Å². The number of rotatable bonds is 3. The van der Waals surface area contributed by atoms with Gasteiger partial charge in [-0.1, -0.05) is 0 Å². The van der Waals surface area contributed by atoms with Crippen LogP contribution in [0, 0.1) is 12.8 Å². The van der Waals surface area contributed by atoms with E-state index in [4.69, 9.17) is 4.74 Å². The summed E-state index contributed by atoms with van der Waals surface area (Å²) in [6, 6.07) is 0. The second-order valence-corrected chi connectivity index (χ2v) is 4.90. The summed E-state index contributed by atoms with van der Waals surface area (Å²) in [5, 5.41) is 4.01. The first kappa shape index (κ1) is 10.8. The Labute approximate surface area is 94.3 Å². The van der Waals surface area contributed by atoms with E-state index < -0.39 is 0 Å². The molecule has 0 aliphatic carbocycles. The average molecular weight is 224 g/mol. The molecule has 1 aromatic heterocycles. The number of carbonyl (C=O) groups is 1. The maximum atomic E-state index is 12.0. The molecule has 0 amide bonds. The third kappa shape index (κ3) is 2.67. The minimum Gasteiger partial charge on any atom is -0.381 e. The van der Waals surface area contributed by atoms with Crippen molar-refractivity contribution in [3.63, 3.8) is 0 Å². The fourth-order valence-electron chi connectivity index (χ4n) is 1.97. The fourth-order valence-corrected chi connectivity index (χ4v) is 2.82. The van der Waals surface area contributed by atoms with Crippen LogP contribution in [0.5, 0.6) is 0 Å². The van der Waals surface area contributed by atoms with Crippen LogP contribution in [0.2, 0.25) is 0 Å². The highest BCUT2D eigenvalue weighted by Gasteiger charge is 2.19. The van der Waals surface area contributed by atoms with Gasteiger partial charge >= 0.3 is 0 Å². The molecule has 82 valence electrons. The zero-order chi connectivity index (χ0) is 10.7. The van der Waals surface area contributed by atoms with E-state index in [2.05, 4.69) is 0 Å². The molecule has 3 heteroatoms. The third-order valence-corrected chi connectivity index (χ3v) is 3.83. The van der Waals surface area contributed by atoms with Gasteiger partial charge in [-0.05, 0) is 36.6 Å². The predicted octanol–water partition coefficient (Wildman–Crippen LogP) is 3.06. The summed E-state index contributed by atoms with van der Waals surface area (Å²) in [5.41, 5.74) is 2.04. The van der Waals surface area contributed by atoms with Gasteiger partial charge < -0.3 is 4.74 Å². The van der Waals surface area contributed by atoms with E-state index in [9.17, 15) is 4.79 Å². The first-order valence-electron chi connectivity index (χ1n) is 5.41. The molecule has 0 radical (unpaired) electrons. The Kier molecular flexibility index (Phi) is 3.54. The van der Waals surface area contributed by atoms with E-state index in [0.717, 1.165) is 37.2 Å². The number of carbonyl (C=O) groups excluding carboxylic acids is 1. The van der Waals surface area contributed by atoms with Gasteiger partial charge in [-0.25, -0.2) is 0 Å². The summed E-state index contributed by atoms with van der Waals surface area (Å²) in [5.74, 6) is 0.839. The Hall–Kier alpha value is -0.670. The van der Waals surface area contributed by atoms with E-state index >= 15 is 0 Å². The number of hydrogen-bond acceptors (Lipinski definition) is 3. The summed E-state index contributed by atoms with van der Waals surface area (Å²) in [6.45, 7) is 3.65. The van der Waals surface area contributed by atoms with Gasteiger partial charge in [-0.15, -0.1) is 0 Å². The number of Topliss-reactive ketones (excluding diaryl/α,β-unsaturated/α-hetero) is 1. The van der Waals surface area contributed by atoms with E-state index in [1.54, 1.807) is 11.3 Å². The molecule has 15 heavy (non-hydrogen) atoms. The first-order valence-corrected chi connectivity index (χ1v) is 6.35. The summed E-state index contributed by atoms with van der Waals surface area (Å²) in [6.07, 6.45) is 2.77. The summed E-state index contributed by atoms with van der Waals surface area (Å²) >= 11 is 1.61. The Morgan fingerprint density at radius 2 is 2.20 bits per heavy atom. The molecular formula is C12H16O2S. The molecule has 0 aromatic carbocycles. The summed E-state index contributed by atoms with van der Waals surface area (Å²) in [7, 11) is 0.